The number of benzene rings is 2. The Hall–Kier alpha value is -5.24. The maximum Gasteiger partial charge on any atom is 0.409 e. The Kier molecular flexibility index (Phi) is 14.1. The van der Waals surface area contributed by atoms with Gasteiger partial charge >= 0.3 is 6.09 Å². The smallest absolute Gasteiger partial charge is 0.409 e. The molecule has 1 saturated carbocycles. The van der Waals surface area contributed by atoms with Gasteiger partial charge in [0.05, 0.1) is 18.7 Å². The number of amides is 5. The summed E-state index contributed by atoms with van der Waals surface area (Å²) in [6, 6.07) is 15.4. The molecule has 14 nitrogen and oxygen atoms in total. The summed E-state index contributed by atoms with van der Waals surface area (Å²) < 4.78 is 17.4. The van der Waals surface area contributed by atoms with Crippen molar-refractivity contribution >= 4 is 40.6 Å². The first kappa shape index (κ1) is 40.4. The Balaban J connectivity index is 1.14. The van der Waals surface area contributed by atoms with Gasteiger partial charge in [0.2, 0.25) is 11.8 Å². The van der Waals surface area contributed by atoms with E-state index in [4.69, 9.17) is 14.2 Å². The molecule has 0 bridgehead atoms. The Labute approximate surface area is 328 Å². The molecule has 1 aromatic heterocycles. The van der Waals surface area contributed by atoms with Gasteiger partial charge in [-0.1, -0.05) is 49.7 Å². The second-order valence-electron chi connectivity index (χ2n) is 14.8. The Morgan fingerprint density at radius 1 is 0.893 bits per heavy atom. The highest BCUT2D eigenvalue weighted by molar-refractivity contribution is 5.99. The van der Waals surface area contributed by atoms with Crippen LogP contribution in [-0.4, -0.2) is 120 Å². The van der Waals surface area contributed by atoms with Crippen LogP contribution in [0.15, 0.2) is 54.6 Å². The zero-order valence-corrected chi connectivity index (χ0v) is 32.5. The largest absolute Gasteiger partial charge is 0.483 e. The van der Waals surface area contributed by atoms with E-state index in [0.717, 1.165) is 49.7 Å². The summed E-state index contributed by atoms with van der Waals surface area (Å²) in [7, 11) is 0. The second kappa shape index (κ2) is 19.6. The van der Waals surface area contributed by atoms with Crippen molar-refractivity contribution < 1.29 is 38.2 Å². The molecule has 3 aliphatic rings. The molecule has 14 heteroatoms. The van der Waals surface area contributed by atoms with Gasteiger partial charge < -0.3 is 39.5 Å². The van der Waals surface area contributed by atoms with E-state index in [0.29, 0.717) is 69.0 Å². The molecule has 2 aliphatic heterocycles. The molecule has 5 amide bonds. The van der Waals surface area contributed by atoms with Crippen molar-refractivity contribution in [1.29, 1.82) is 0 Å². The number of rotatable bonds is 16. The first-order chi connectivity index (χ1) is 27.2. The first-order valence-corrected chi connectivity index (χ1v) is 20.0. The molecule has 0 radical (unpaired) electrons. The lowest BCUT2D eigenvalue weighted by Crippen LogP contribution is -2.56. The molecule has 0 spiro atoms. The molecule has 0 unspecified atom stereocenters. The Bertz CT molecular complexity index is 1850. The SMILES string of the molecule is CCCCOC(=O)N1CCN(C(=O)[C@H](CCOCc2ccccc2)NC(=O)c2cc(OCC(=O)N3CCC[C@H]3C(=O)NC3CCC3)c3ccc(C)cc3n2)CC1. The maximum atomic E-state index is 14.0. The van der Waals surface area contributed by atoms with Crippen LogP contribution >= 0.6 is 0 Å². The average Bonchev–Trinajstić information content (AvgIpc) is 3.70. The highest BCUT2D eigenvalue weighted by Crippen LogP contribution is 2.28. The van der Waals surface area contributed by atoms with Crippen molar-refractivity contribution in [2.24, 2.45) is 0 Å². The minimum absolute atomic E-state index is 0.0205. The van der Waals surface area contributed by atoms with Gasteiger partial charge in [0, 0.05) is 56.8 Å². The van der Waals surface area contributed by atoms with Crippen LogP contribution in [0.3, 0.4) is 0 Å². The maximum absolute atomic E-state index is 14.0. The zero-order chi connectivity index (χ0) is 39.4. The molecule has 2 N–H and O–H groups in total. The van der Waals surface area contributed by atoms with Crippen LogP contribution in [0.2, 0.25) is 0 Å². The molecule has 2 atom stereocenters. The van der Waals surface area contributed by atoms with Crippen molar-refractivity contribution in [3.63, 3.8) is 0 Å². The van der Waals surface area contributed by atoms with E-state index in [-0.39, 0.29) is 49.1 Å². The van der Waals surface area contributed by atoms with E-state index in [1.54, 1.807) is 14.7 Å². The molecule has 56 heavy (non-hydrogen) atoms. The number of piperazine rings is 1. The predicted octanol–water partition coefficient (Wildman–Crippen LogP) is 4.37. The minimum Gasteiger partial charge on any atom is -0.483 e. The topological polar surface area (TPSA) is 160 Å². The highest BCUT2D eigenvalue weighted by Gasteiger charge is 2.36. The number of aryl methyl sites for hydroxylation is 1. The minimum atomic E-state index is -0.944. The first-order valence-electron chi connectivity index (χ1n) is 20.0. The highest BCUT2D eigenvalue weighted by atomic mass is 16.6. The van der Waals surface area contributed by atoms with Crippen LogP contribution < -0.4 is 15.4 Å². The molecular formula is C42H54N6O8. The summed E-state index contributed by atoms with van der Waals surface area (Å²) in [5.74, 6) is -1.02. The van der Waals surface area contributed by atoms with Gasteiger partial charge in [0.25, 0.3) is 11.8 Å². The van der Waals surface area contributed by atoms with E-state index in [1.807, 2.05) is 62.4 Å². The lowest BCUT2D eigenvalue weighted by atomic mass is 9.93. The van der Waals surface area contributed by atoms with Crippen LogP contribution in [0.1, 0.15) is 79.9 Å². The van der Waals surface area contributed by atoms with E-state index >= 15 is 0 Å². The van der Waals surface area contributed by atoms with E-state index in [2.05, 4.69) is 15.6 Å². The second-order valence-corrected chi connectivity index (χ2v) is 14.8. The summed E-state index contributed by atoms with van der Waals surface area (Å²) >= 11 is 0. The van der Waals surface area contributed by atoms with Crippen LogP contribution in [0.25, 0.3) is 10.9 Å². The van der Waals surface area contributed by atoms with Crippen molar-refractivity contribution in [2.45, 2.75) is 89.9 Å². The molecule has 300 valence electrons. The quantitative estimate of drug-likeness (QED) is 0.202. The summed E-state index contributed by atoms with van der Waals surface area (Å²) in [5.41, 5.74) is 2.42. The van der Waals surface area contributed by atoms with Crippen molar-refractivity contribution in [3.05, 3.63) is 71.4 Å². The molecule has 2 aromatic carbocycles. The van der Waals surface area contributed by atoms with Crippen LogP contribution in [0, 0.1) is 6.92 Å². The van der Waals surface area contributed by atoms with Crippen LogP contribution in [0.5, 0.6) is 5.75 Å². The van der Waals surface area contributed by atoms with Gasteiger partial charge in [0.1, 0.15) is 23.5 Å². The van der Waals surface area contributed by atoms with Gasteiger partial charge in [0.15, 0.2) is 6.61 Å². The number of fused-ring (bicyclic) bond motifs is 1. The number of nitrogens with zero attached hydrogens (tertiary/aromatic N) is 4. The fourth-order valence-electron chi connectivity index (χ4n) is 7.13. The van der Waals surface area contributed by atoms with Crippen molar-refractivity contribution in [3.8, 4) is 5.75 Å². The van der Waals surface area contributed by atoms with Crippen LogP contribution in [-0.2, 0) is 30.5 Å². The summed E-state index contributed by atoms with van der Waals surface area (Å²) in [4.78, 5) is 76.4. The number of carbonyl (C=O) groups excluding carboxylic acids is 5. The van der Waals surface area contributed by atoms with E-state index in [1.165, 1.54) is 6.07 Å². The van der Waals surface area contributed by atoms with E-state index < -0.39 is 24.1 Å². The van der Waals surface area contributed by atoms with Gasteiger partial charge in [-0.05, 0) is 75.1 Å². The molecule has 2 saturated heterocycles. The van der Waals surface area contributed by atoms with Gasteiger partial charge in [-0.15, -0.1) is 0 Å². The standard InChI is InChI=1S/C42H54N6O8/c1-3-4-23-55-42(53)47-21-19-46(20-22-47)41(52)33(17-24-54-27-30-10-6-5-7-11-30)45-39(50)35-26-37(32-16-15-29(2)25-34(32)44-35)56-28-38(49)48-18-9-14-36(48)40(51)43-31-12-8-13-31/h5-7,10-11,15-16,25-26,31,33,36H,3-4,8-9,12-14,17-24,27-28H2,1-2H3,(H,43,51)(H,45,50)/t33-,36-/m0/s1. The molecule has 3 fully saturated rings. The predicted molar refractivity (Wildman–Crippen MR) is 209 cm³/mol. The summed E-state index contributed by atoms with van der Waals surface area (Å²) in [6.07, 6.45) is 5.87. The lowest BCUT2D eigenvalue weighted by molar-refractivity contribution is -0.140. The third-order valence-electron chi connectivity index (χ3n) is 10.7. The summed E-state index contributed by atoms with van der Waals surface area (Å²) in [6.45, 7) is 6.20. The normalized spacial score (nSPS) is 17.6. The van der Waals surface area contributed by atoms with Gasteiger partial charge in [-0.2, -0.15) is 0 Å². The lowest BCUT2D eigenvalue weighted by Gasteiger charge is -2.36. The third kappa shape index (κ3) is 10.5. The fraction of sp³-hybridized carbons (Fsp3) is 0.524. The number of unbranched alkanes of at least 4 members (excludes halogenated alkanes) is 1. The monoisotopic (exact) mass is 770 g/mol. The number of pyridine rings is 1. The zero-order valence-electron chi connectivity index (χ0n) is 32.5. The molecule has 6 rings (SSSR count). The average molecular weight is 771 g/mol. The van der Waals surface area contributed by atoms with Crippen molar-refractivity contribution in [1.82, 2.24) is 30.3 Å². The van der Waals surface area contributed by atoms with Crippen LogP contribution in [0.4, 0.5) is 4.79 Å². The molecule has 3 aromatic rings. The Morgan fingerprint density at radius 2 is 1.66 bits per heavy atom. The number of hydrogen-bond acceptors (Lipinski definition) is 9. The van der Waals surface area contributed by atoms with Crippen molar-refractivity contribution in [2.75, 3.05) is 52.5 Å². The fourth-order valence-corrected chi connectivity index (χ4v) is 7.13. The van der Waals surface area contributed by atoms with Gasteiger partial charge in [-0.3, -0.25) is 19.2 Å². The van der Waals surface area contributed by atoms with E-state index in [9.17, 15) is 24.0 Å². The molecular weight excluding hydrogens is 716 g/mol. The Morgan fingerprint density at radius 3 is 2.39 bits per heavy atom. The number of ether oxygens (including phenoxy) is 3. The number of aromatic nitrogens is 1. The molecule has 1 aliphatic carbocycles. The number of carbonyl (C=O) groups is 5. The molecule has 3 heterocycles. The van der Waals surface area contributed by atoms with Gasteiger partial charge in [-0.25, -0.2) is 9.78 Å². The summed E-state index contributed by atoms with van der Waals surface area (Å²) in [5, 5.41) is 6.59. The third-order valence-corrected chi connectivity index (χ3v) is 10.7. The number of nitrogens with one attached hydrogen (secondary N) is 2. The number of likely N-dealkylation sites (tertiary alicyclic amines) is 1. The number of hydrogen-bond donors (Lipinski definition) is 2.